The maximum absolute atomic E-state index is 12.2. The van der Waals surface area contributed by atoms with Crippen LogP contribution in [0.3, 0.4) is 0 Å². The zero-order chi connectivity index (χ0) is 15.6. The van der Waals surface area contributed by atoms with Gasteiger partial charge in [-0.2, -0.15) is 0 Å². The predicted octanol–water partition coefficient (Wildman–Crippen LogP) is 2.92. The molecule has 9 heteroatoms. The van der Waals surface area contributed by atoms with Crippen molar-refractivity contribution >= 4 is 43.8 Å². The number of esters is 1. The normalized spacial score (nSPS) is 11.6. The minimum absolute atomic E-state index is 0.0224. The van der Waals surface area contributed by atoms with Crippen molar-refractivity contribution in [1.29, 1.82) is 0 Å². The number of hydrogen-bond donors (Lipinski definition) is 1. The molecule has 0 atom stereocenters. The Morgan fingerprint density at radius 1 is 1.43 bits per heavy atom. The van der Waals surface area contributed by atoms with E-state index in [-0.39, 0.29) is 15.7 Å². The number of methoxy groups -OCH3 is 1. The Labute approximate surface area is 130 Å². The number of hydrogen-bond acceptors (Lipinski definition) is 7. The van der Waals surface area contributed by atoms with E-state index in [4.69, 9.17) is 0 Å². The lowest BCUT2D eigenvalue weighted by Gasteiger charge is -2.02. The first-order chi connectivity index (χ1) is 9.83. The van der Waals surface area contributed by atoms with Crippen LogP contribution in [-0.2, 0) is 14.8 Å². The molecule has 0 fully saturated rings. The van der Waals surface area contributed by atoms with Crippen LogP contribution >= 0.6 is 22.7 Å². The first-order valence-electron chi connectivity index (χ1n) is 5.99. The third kappa shape index (κ3) is 3.60. The van der Waals surface area contributed by atoms with E-state index in [0.717, 1.165) is 16.2 Å². The van der Waals surface area contributed by atoms with Crippen LogP contribution in [0.2, 0.25) is 0 Å². The van der Waals surface area contributed by atoms with Crippen LogP contribution in [0.5, 0.6) is 0 Å². The van der Waals surface area contributed by atoms with E-state index in [1.54, 1.807) is 6.20 Å². The summed E-state index contributed by atoms with van der Waals surface area (Å²) in [5.41, 5.74) is 0. The third-order valence-corrected chi connectivity index (χ3v) is 6.31. The van der Waals surface area contributed by atoms with Crippen LogP contribution in [0.1, 0.15) is 34.3 Å². The molecule has 0 aliphatic rings. The van der Waals surface area contributed by atoms with Gasteiger partial charge in [-0.1, -0.05) is 13.8 Å². The molecule has 0 amide bonds. The largest absolute Gasteiger partial charge is 0.465 e. The second-order valence-electron chi connectivity index (χ2n) is 4.47. The second kappa shape index (κ2) is 6.12. The van der Waals surface area contributed by atoms with E-state index in [9.17, 15) is 13.2 Å². The number of carbonyl (C=O) groups excluding carboxylic acids is 1. The number of ether oxygens (including phenoxy) is 1. The SMILES string of the molecule is COC(=O)c1cc(S(=O)(=O)Nc2ncc(C(C)C)s2)cs1. The maximum Gasteiger partial charge on any atom is 0.348 e. The van der Waals surface area contributed by atoms with Crippen LogP contribution in [0.4, 0.5) is 5.13 Å². The van der Waals surface area contributed by atoms with Crippen molar-refractivity contribution < 1.29 is 17.9 Å². The van der Waals surface area contributed by atoms with Gasteiger partial charge < -0.3 is 4.74 Å². The zero-order valence-electron chi connectivity index (χ0n) is 11.6. The summed E-state index contributed by atoms with van der Waals surface area (Å²) in [6.45, 7) is 4.01. The number of thiophene rings is 1. The van der Waals surface area contributed by atoms with Gasteiger partial charge in [0.25, 0.3) is 10.0 Å². The molecule has 0 spiro atoms. The standard InChI is InChI=1S/C12H14N2O4S3/c1-7(2)10-5-13-12(20-10)14-21(16,17)8-4-9(19-6-8)11(15)18-3/h4-7H,1-3H3,(H,13,14). The first kappa shape index (κ1) is 15.9. The number of anilines is 1. The molecule has 21 heavy (non-hydrogen) atoms. The smallest absolute Gasteiger partial charge is 0.348 e. The highest BCUT2D eigenvalue weighted by Gasteiger charge is 2.20. The number of nitrogens with one attached hydrogen (secondary N) is 1. The van der Waals surface area contributed by atoms with Crippen molar-refractivity contribution in [3.8, 4) is 0 Å². The van der Waals surface area contributed by atoms with Crippen LogP contribution in [0, 0.1) is 0 Å². The summed E-state index contributed by atoms with van der Waals surface area (Å²) in [4.78, 5) is 16.7. The highest BCUT2D eigenvalue weighted by molar-refractivity contribution is 7.93. The molecular formula is C12H14N2O4S3. The Morgan fingerprint density at radius 3 is 2.71 bits per heavy atom. The minimum atomic E-state index is -3.75. The molecule has 2 aromatic rings. The summed E-state index contributed by atoms with van der Waals surface area (Å²) < 4.78 is 31.4. The van der Waals surface area contributed by atoms with Gasteiger partial charge in [0.15, 0.2) is 5.13 Å². The summed E-state index contributed by atoms with van der Waals surface area (Å²) >= 11 is 2.31. The second-order valence-corrected chi connectivity index (χ2v) is 8.12. The minimum Gasteiger partial charge on any atom is -0.465 e. The van der Waals surface area contributed by atoms with Crippen molar-refractivity contribution in [1.82, 2.24) is 4.98 Å². The Kier molecular flexibility index (Phi) is 4.64. The Bertz CT molecular complexity index is 746. The van der Waals surface area contributed by atoms with Gasteiger partial charge in [0.2, 0.25) is 0 Å². The van der Waals surface area contributed by atoms with Gasteiger partial charge in [0, 0.05) is 16.5 Å². The molecule has 0 unspecified atom stereocenters. The van der Waals surface area contributed by atoms with Gasteiger partial charge in [0.1, 0.15) is 4.88 Å². The summed E-state index contributed by atoms with van der Waals surface area (Å²) in [6.07, 6.45) is 1.65. The van der Waals surface area contributed by atoms with Crippen molar-refractivity contribution in [2.75, 3.05) is 11.8 Å². The number of thiazole rings is 1. The topological polar surface area (TPSA) is 85.4 Å². The number of aromatic nitrogens is 1. The van der Waals surface area contributed by atoms with Gasteiger partial charge in [0.05, 0.1) is 12.0 Å². The summed E-state index contributed by atoms with van der Waals surface area (Å²) in [5.74, 6) is -0.273. The number of rotatable bonds is 5. The van der Waals surface area contributed by atoms with Gasteiger partial charge >= 0.3 is 5.97 Å². The summed E-state index contributed by atoms with van der Waals surface area (Å²) in [5, 5.41) is 1.70. The van der Waals surface area contributed by atoms with Crippen LogP contribution < -0.4 is 4.72 Å². The average molecular weight is 346 g/mol. The quantitative estimate of drug-likeness (QED) is 0.841. The summed E-state index contributed by atoms with van der Waals surface area (Å²) in [6, 6.07) is 1.29. The fourth-order valence-electron chi connectivity index (χ4n) is 1.44. The van der Waals surface area contributed by atoms with Crippen LogP contribution in [0.15, 0.2) is 22.5 Å². The molecule has 0 saturated carbocycles. The van der Waals surface area contributed by atoms with Gasteiger partial charge in [-0.15, -0.1) is 22.7 Å². The maximum atomic E-state index is 12.2. The average Bonchev–Trinajstić information content (AvgIpc) is 3.06. The van der Waals surface area contributed by atoms with Crippen LogP contribution in [0.25, 0.3) is 0 Å². The summed E-state index contributed by atoms with van der Waals surface area (Å²) in [7, 11) is -2.50. The molecule has 2 rings (SSSR count). The molecule has 1 N–H and O–H groups in total. The molecule has 6 nitrogen and oxygen atoms in total. The third-order valence-electron chi connectivity index (χ3n) is 2.59. The molecule has 0 bridgehead atoms. The van der Waals surface area contributed by atoms with Crippen LogP contribution in [-0.4, -0.2) is 26.5 Å². The lowest BCUT2D eigenvalue weighted by Crippen LogP contribution is -2.12. The fraction of sp³-hybridized carbons (Fsp3) is 0.333. The van der Waals surface area contributed by atoms with Gasteiger partial charge in [-0.25, -0.2) is 18.2 Å². The first-order valence-corrected chi connectivity index (χ1v) is 9.17. The molecule has 2 aromatic heterocycles. The Morgan fingerprint density at radius 2 is 2.14 bits per heavy atom. The number of nitrogens with zero attached hydrogens (tertiary/aromatic N) is 1. The van der Waals surface area contributed by atoms with Crippen molar-refractivity contribution in [3.63, 3.8) is 0 Å². The lowest BCUT2D eigenvalue weighted by molar-refractivity contribution is 0.0606. The monoisotopic (exact) mass is 346 g/mol. The van der Waals surface area contributed by atoms with Crippen molar-refractivity contribution in [2.24, 2.45) is 0 Å². The molecule has 0 aliphatic carbocycles. The fourth-order valence-corrected chi connectivity index (χ4v) is 4.69. The molecular weight excluding hydrogens is 332 g/mol. The van der Waals surface area contributed by atoms with Crippen molar-refractivity contribution in [3.05, 3.63) is 27.4 Å². The molecule has 114 valence electrons. The van der Waals surface area contributed by atoms with Crippen molar-refractivity contribution in [2.45, 2.75) is 24.7 Å². The van der Waals surface area contributed by atoms with E-state index < -0.39 is 16.0 Å². The number of sulfonamides is 1. The lowest BCUT2D eigenvalue weighted by atomic mass is 10.2. The number of carbonyl (C=O) groups is 1. The molecule has 0 aromatic carbocycles. The van der Waals surface area contributed by atoms with E-state index in [0.29, 0.717) is 5.13 Å². The zero-order valence-corrected chi connectivity index (χ0v) is 14.1. The molecule has 0 saturated heterocycles. The molecule has 2 heterocycles. The highest BCUT2D eigenvalue weighted by Crippen LogP contribution is 2.28. The molecule has 0 aliphatic heterocycles. The van der Waals surface area contributed by atoms with Gasteiger partial charge in [-0.05, 0) is 12.0 Å². The van der Waals surface area contributed by atoms with Gasteiger partial charge in [-0.3, -0.25) is 4.72 Å². The Hall–Kier alpha value is -1.45. The molecule has 0 radical (unpaired) electrons. The van der Waals surface area contributed by atoms with E-state index in [1.165, 1.54) is 29.9 Å². The van der Waals surface area contributed by atoms with E-state index in [2.05, 4.69) is 14.4 Å². The van der Waals surface area contributed by atoms with E-state index >= 15 is 0 Å². The highest BCUT2D eigenvalue weighted by atomic mass is 32.2. The predicted molar refractivity (Wildman–Crippen MR) is 82.7 cm³/mol. The van der Waals surface area contributed by atoms with E-state index in [1.807, 2.05) is 13.8 Å². The Balaban J connectivity index is 2.21.